The van der Waals surface area contributed by atoms with Crippen LogP contribution in [0.3, 0.4) is 0 Å². The molecule has 0 aliphatic rings. The van der Waals surface area contributed by atoms with E-state index in [-0.39, 0.29) is 17.5 Å². The Kier molecular flexibility index (Phi) is 7.99. The number of anilines is 2. The zero-order chi connectivity index (χ0) is 20.5. The van der Waals surface area contributed by atoms with Gasteiger partial charge in [0.25, 0.3) is 11.8 Å². The van der Waals surface area contributed by atoms with Crippen molar-refractivity contribution in [3.05, 3.63) is 53.9 Å². The normalized spacial score (nSPS) is 10.4. The van der Waals surface area contributed by atoms with Crippen molar-refractivity contribution in [3.63, 3.8) is 0 Å². The van der Waals surface area contributed by atoms with Gasteiger partial charge in [-0.15, -0.1) is 0 Å². The monoisotopic (exact) mass is 382 g/mol. The molecular formula is C22H30N4O2. The smallest absolute Gasteiger partial charge is 0.274 e. The minimum atomic E-state index is -0.332. The van der Waals surface area contributed by atoms with Crippen LogP contribution >= 0.6 is 0 Å². The summed E-state index contributed by atoms with van der Waals surface area (Å²) in [6.07, 6.45) is 3.47. The molecule has 0 saturated heterocycles. The molecule has 1 aromatic carbocycles. The summed E-state index contributed by atoms with van der Waals surface area (Å²) in [6, 6.07) is 10.9. The zero-order valence-corrected chi connectivity index (χ0v) is 17.2. The molecule has 0 spiro atoms. The quantitative estimate of drug-likeness (QED) is 0.710. The number of benzene rings is 1. The first-order valence-corrected chi connectivity index (χ1v) is 9.88. The molecule has 28 heavy (non-hydrogen) atoms. The van der Waals surface area contributed by atoms with E-state index in [1.54, 1.807) is 24.1 Å². The molecule has 2 aromatic rings. The Bertz CT molecular complexity index is 785. The van der Waals surface area contributed by atoms with Gasteiger partial charge in [0, 0.05) is 49.8 Å². The zero-order valence-electron chi connectivity index (χ0n) is 17.2. The van der Waals surface area contributed by atoms with Crippen molar-refractivity contribution >= 4 is 23.2 Å². The van der Waals surface area contributed by atoms with E-state index < -0.39 is 0 Å². The van der Waals surface area contributed by atoms with Crippen LogP contribution in [0.5, 0.6) is 0 Å². The second kappa shape index (κ2) is 10.4. The first-order valence-electron chi connectivity index (χ1n) is 9.88. The van der Waals surface area contributed by atoms with E-state index in [9.17, 15) is 9.59 Å². The van der Waals surface area contributed by atoms with Gasteiger partial charge in [-0.25, -0.2) is 0 Å². The molecule has 1 N–H and O–H groups in total. The minimum Gasteiger partial charge on any atom is -0.372 e. The van der Waals surface area contributed by atoms with Crippen LogP contribution in [-0.4, -0.2) is 48.4 Å². The standard InChI is InChI=1S/C22H30N4O2/c1-5-8-15-25(4)22(28)17-13-14-23-20(16-17)21(27)24-18-9-11-19(12-10-18)26(6-2)7-3/h9-14,16H,5-8,15H2,1-4H3,(H,24,27). The van der Waals surface area contributed by atoms with Crippen molar-refractivity contribution in [2.45, 2.75) is 33.6 Å². The van der Waals surface area contributed by atoms with Gasteiger partial charge in [0.05, 0.1) is 0 Å². The highest BCUT2D eigenvalue weighted by atomic mass is 16.2. The second-order valence-corrected chi connectivity index (χ2v) is 6.68. The number of rotatable bonds is 9. The van der Waals surface area contributed by atoms with Crippen molar-refractivity contribution in [2.75, 3.05) is 36.9 Å². The lowest BCUT2D eigenvalue weighted by Gasteiger charge is -2.21. The molecule has 6 nitrogen and oxygen atoms in total. The van der Waals surface area contributed by atoms with Gasteiger partial charge in [-0.2, -0.15) is 0 Å². The van der Waals surface area contributed by atoms with Crippen LogP contribution in [0.4, 0.5) is 11.4 Å². The van der Waals surface area contributed by atoms with Gasteiger partial charge in [-0.05, 0) is 56.7 Å². The number of amides is 2. The van der Waals surface area contributed by atoms with Crippen molar-refractivity contribution in [1.29, 1.82) is 0 Å². The maximum absolute atomic E-state index is 12.6. The van der Waals surface area contributed by atoms with Crippen LogP contribution in [-0.2, 0) is 0 Å². The van der Waals surface area contributed by atoms with E-state index in [1.807, 2.05) is 24.3 Å². The maximum atomic E-state index is 12.6. The summed E-state index contributed by atoms with van der Waals surface area (Å²) in [6.45, 7) is 8.86. The lowest BCUT2D eigenvalue weighted by molar-refractivity contribution is 0.0793. The van der Waals surface area contributed by atoms with Crippen molar-refractivity contribution in [2.24, 2.45) is 0 Å². The lowest BCUT2D eigenvalue weighted by atomic mass is 10.2. The third-order valence-electron chi connectivity index (χ3n) is 4.69. The van der Waals surface area contributed by atoms with Gasteiger partial charge < -0.3 is 15.1 Å². The highest BCUT2D eigenvalue weighted by Gasteiger charge is 2.15. The fourth-order valence-electron chi connectivity index (χ4n) is 2.94. The summed E-state index contributed by atoms with van der Waals surface area (Å²) in [5.74, 6) is -0.435. The van der Waals surface area contributed by atoms with Crippen molar-refractivity contribution in [3.8, 4) is 0 Å². The molecule has 0 aliphatic heterocycles. The van der Waals surface area contributed by atoms with Crippen molar-refractivity contribution in [1.82, 2.24) is 9.88 Å². The lowest BCUT2D eigenvalue weighted by Crippen LogP contribution is -2.28. The summed E-state index contributed by atoms with van der Waals surface area (Å²) in [7, 11) is 1.77. The molecular weight excluding hydrogens is 352 g/mol. The fraction of sp³-hybridized carbons (Fsp3) is 0.409. The number of unbranched alkanes of at least 4 members (excludes halogenated alkanes) is 1. The number of carbonyl (C=O) groups excluding carboxylic acids is 2. The molecule has 0 aliphatic carbocycles. The van der Waals surface area contributed by atoms with E-state index >= 15 is 0 Å². The predicted molar refractivity (Wildman–Crippen MR) is 114 cm³/mol. The third kappa shape index (κ3) is 5.55. The predicted octanol–water partition coefficient (Wildman–Crippen LogP) is 4.05. The van der Waals surface area contributed by atoms with Gasteiger partial charge in [0.1, 0.15) is 5.69 Å². The Morgan fingerprint density at radius 1 is 1.04 bits per heavy atom. The molecule has 0 radical (unpaired) electrons. The summed E-state index contributed by atoms with van der Waals surface area (Å²) in [4.78, 5) is 33.1. The van der Waals surface area contributed by atoms with Crippen LogP contribution in [0.2, 0.25) is 0 Å². The van der Waals surface area contributed by atoms with Gasteiger partial charge in [-0.3, -0.25) is 14.6 Å². The van der Waals surface area contributed by atoms with Gasteiger partial charge in [0.2, 0.25) is 0 Å². The Balaban J connectivity index is 2.07. The molecule has 0 unspecified atom stereocenters. The molecule has 0 atom stereocenters. The highest BCUT2D eigenvalue weighted by molar-refractivity contribution is 6.04. The maximum Gasteiger partial charge on any atom is 0.274 e. The Morgan fingerprint density at radius 3 is 2.32 bits per heavy atom. The van der Waals surface area contributed by atoms with Crippen LogP contribution in [0.1, 0.15) is 54.5 Å². The fourth-order valence-corrected chi connectivity index (χ4v) is 2.94. The molecule has 2 amide bonds. The average molecular weight is 383 g/mol. The topological polar surface area (TPSA) is 65.5 Å². The van der Waals surface area contributed by atoms with Crippen LogP contribution in [0.15, 0.2) is 42.6 Å². The molecule has 0 saturated carbocycles. The number of carbonyl (C=O) groups is 2. The minimum absolute atomic E-state index is 0.103. The highest BCUT2D eigenvalue weighted by Crippen LogP contribution is 2.18. The third-order valence-corrected chi connectivity index (χ3v) is 4.69. The van der Waals surface area contributed by atoms with Crippen LogP contribution in [0, 0.1) is 0 Å². The van der Waals surface area contributed by atoms with Crippen LogP contribution < -0.4 is 10.2 Å². The largest absolute Gasteiger partial charge is 0.372 e. The first-order chi connectivity index (χ1) is 13.5. The number of aromatic nitrogens is 1. The van der Waals surface area contributed by atoms with E-state index in [0.29, 0.717) is 17.8 Å². The molecule has 2 rings (SSSR count). The molecule has 1 aromatic heterocycles. The Hall–Kier alpha value is -2.89. The number of hydrogen-bond acceptors (Lipinski definition) is 4. The number of nitrogens with one attached hydrogen (secondary N) is 1. The Labute approximate surface area is 167 Å². The van der Waals surface area contributed by atoms with E-state index in [0.717, 1.165) is 31.6 Å². The molecule has 150 valence electrons. The molecule has 0 fully saturated rings. The number of nitrogens with zero attached hydrogens (tertiary/aromatic N) is 3. The van der Waals surface area contributed by atoms with E-state index in [1.165, 1.54) is 6.20 Å². The summed E-state index contributed by atoms with van der Waals surface area (Å²) in [5, 5.41) is 2.85. The first kappa shape index (κ1) is 21.4. The van der Waals surface area contributed by atoms with Crippen LogP contribution in [0.25, 0.3) is 0 Å². The Morgan fingerprint density at radius 2 is 1.71 bits per heavy atom. The SMILES string of the molecule is CCCCN(C)C(=O)c1ccnc(C(=O)Nc2ccc(N(CC)CC)cc2)c1. The van der Waals surface area contributed by atoms with E-state index in [2.05, 4.69) is 36.0 Å². The summed E-state index contributed by atoms with van der Waals surface area (Å²) < 4.78 is 0. The summed E-state index contributed by atoms with van der Waals surface area (Å²) in [5.41, 5.74) is 2.50. The molecule has 0 bridgehead atoms. The van der Waals surface area contributed by atoms with Gasteiger partial charge in [-0.1, -0.05) is 13.3 Å². The van der Waals surface area contributed by atoms with Gasteiger partial charge in [0.15, 0.2) is 0 Å². The molecule has 1 heterocycles. The number of pyridine rings is 1. The average Bonchev–Trinajstić information content (AvgIpc) is 2.73. The second-order valence-electron chi connectivity index (χ2n) is 6.68. The summed E-state index contributed by atoms with van der Waals surface area (Å²) >= 11 is 0. The number of hydrogen-bond donors (Lipinski definition) is 1. The van der Waals surface area contributed by atoms with Gasteiger partial charge >= 0.3 is 0 Å². The van der Waals surface area contributed by atoms with E-state index in [4.69, 9.17) is 0 Å². The van der Waals surface area contributed by atoms with Crippen molar-refractivity contribution < 1.29 is 9.59 Å². The molecule has 6 heteroatoms.